The molecule has 0 aromatic carbocycles. The summed E-state index contributed by atoms with van der Waals surface area (Å²) in [5.41, 5.74) is 0.958. The van der Waals surface area contributed by atoms with Crippen molar-refractivity contribution in [3.05, 3.63) is 11.5 Å². The zero-order chi connectivity index (χ0) is 12.0. The van der Waals surface area contributed by atoms with Gasteiger partial charge in [-0.15, -0.1) is 0 Å². The third kappa shape index (κ3) is 1.84. The van der Waals surface area contributed by atoms with Crippen LogP contribution in [-0.4, -0.2) is 18.3 Å². The third-order valence-corrected chi connectivity index (χ3v) is 4.38. The summed E-state index contributed by atoms with van der Waals surface area (Å²) >= 11 is 0. The van der Waals surface area contributed by atoms with E-state index in [1.807, 2.05) is 0 Å². The summed E-state index contributed by atoms with van der Waals surface area (Å²) in [6, 6.07) is 0. The van der Waals surface area contributed by atoms with Gasteiger partial charge in [-0.25, -0.2) is 0 Å². The van der Waals surface area contributed by atoms with Crippen LogP contribution in [0.1, 0.15) is 53.9 Å². The fraction of sp³-hybridized carbons (Fsp3) is 0.846. The van der Waals surface area contributed by atoms with Crippen LogP contribution < -0.4 is 0 Å². The molecule has 2 nitrogen and oxygen atoms in total. The van der Waals surface area contributed by atoms with E-state index >= 15 is 0 Å². The van der Waals surface area contributed by atoms with E-state index < -0.39 is 0 Å². The molecule has 1 heterocycles. The van der Waals surface area contributed by atoms with E-state index in [0.717, 1.165) is 0 Å². The van der Waals surface area contributed by atoms with Gasteiger partial charge in [0.1, 0.15) is 0 Å². The van der Waals surface area contributed by atoms with Gasteiger partial charge in [-0.05, 0) is 51.9 Å². The summed E-state index contributed by atoms with van der Waals surface area (Å²) in [5, 5.41) is 0. The fourth-order valence-electron chi connectivity index (χ4n) is 2.49. The van der Waals surface area contributed by atoms with Crippen LogP contribution in [0.5, 0.6) is 0 Å². The summed E-state index contributed by atoms with van der Waals surface area (Å²) in [6.07, 6.45) is 5.94. The summed E-state index contributed by atoms with van der Waals surface area (Å²) in [4.78, 5) is 0. The van der Waals surface area contributed by atoms with Crippen molar-refractivity contribution in [2.75, 3.05) is 0 Å². The molecule has 2 rings (SSSR count). The molecule has 0 amide bonds. The highest BCUT2D eigenvalue weighted by molar-refractivity contribution is 6.54. The molecule has 0 N–H and O–H groups in total. The second kappa shape index (κ2) is 3.88. The van der Waals surface area contributed by atoms with Crippen molar-refractivity contribution >= 4 is 7.12 Å². The summed E-state index contributed by atoms with van der Waals surface area (Å²) < 4.78 is 12.2. The van der Waals surface area contributed by atoms with E-state index in [0.29, 0.717) is 5.92 Å². The van der Waals surface area contributed by atoms with Gasteiger partial charge in [-0.3, -0.25) is 0 Å². The van der Waals surface area contributed by atoms with Crippen molar-refractivity contribution in [2.24, 2.45) is 5.92 Å². The lowest BCUT2D eigenvalue weighted by Gasteiger charge is -2.32. The van der Waals surface area contributed by atoms with Gasteiger partial charge in [0, 0.05) is 0 Å². The van der Waals surface area contributed by atoms with Gasteiger partial charge in [0.25, 0.3) is 0 Å². The van der Waals surface area contributed by atoms with Crippen LogP contribution in [0.3, 0.4) is 0 Å². The van der Waals surface area contributed by atoms with E-state index in [-0.39, 0.29) is 18.3 Å². The molecule has 0 aromatic heterocycles. The van der Waals surface area contributed by atoms with Crippen LogP contribution >= 0.6 is 0 Å². The van der Waals surface area contributed by atoms with Crippen LogP contribution in [0.25, 0.3) is 0 Å². The molecule has 0 aromatic rings. The maximum absolute atomic E-state index is 6.09. The Bertz CT molecular complexity index is 291. The SMILES string of the molecule is CCC1CCC=C1B1OC(C)(C)C(C)(C)O1. The molecule has 0 radical (unpaired) electrons. The third-order valence-electron chi connectivity index (χ3n) is 4.38. The van der Waals surface area contributed by atoms with Gasteiger partial charge in [-0.2, -0.15) is 0 Å². The lowest BCUT2D eigenvalue weighted by Crippen LogP contribution is -2.41. The van der Waals surface area contributed by atoms with Crippen molar-refractivity contribution in [3.8, 4) is 0 Å². The van der Waals surface area contributed by atoms with Crippen LogP contribution in [0.15, 0.2) is 11.5 Å². The highest BCUT2D eigenvalue weighted by atomic mass is 16.7. The Morgan fingerprint density at radius 1 is 1.25 bits per heavy atom. The second-order valence-electron chi connectivity index (χ2n) is 5.97. The van der Waals surface area contributed by atoms with Crippen LogP contribution in [0, 0.1) is 5.92 Å². The number of rotatable bonds is 2. The largest absolute Gasteiger partial charge is 0.490 e. The van der Waals surface area contributed by atoms with Crippen LogP contribution in [0.4, 0.5) is 0 Å². The molecule has 0 saturated carbocycles. The molecule has 1 saturated heterocycles. The normalized spacial score (nSPS) is 31.9. The first-order valence-electron chi connectivity index (χ1n) is 6.43. The molecule has 1 atom stereocenters. The predicted octanol–water partition coefficient (Wildman–Crippen LogP) is 3.36. The van der Waals surface area contributed by atoms with Gasteiger partial charge < -0.3 is 9.31 Å². The van der Waals surface area contributed by atoms with Crippen LogP contribution in [0.2, 0.25) is 0 Å². The minimum absolute atomic E-state index is 0.113. The quantitative estimate of drug-likeness (QED) is 0.667. The van der Waals surface area contributed by atoms with Crippen molar-refractivity contribution in [2.45, 2.75) is 65.1 Å². The lowest BCUT2D eigenvalue weighted by atomic mass is 9.72. The molecule has 0 spiro atoms. The minimum Gasteiger partial charge on any atom is -0.400 e. The monoisotopic (exact) mass is 222 g/mol. The maximum Gasteiger partial charge on any atom is 0.490 e. The zero-order valence-corrected chi connectivity index (χ0v) is 11.2. The Balaban J connectivity index is 2.15. The molecule has 1 aliphatic carbocycles. The van der Waals surface area contributed by atoms with Gasteiger partial charge >= 0.3 is 7.12 Å². The maximum atomic E-state index is 6.09. The first-order valence-corrected chi connectivity index (χ1v) is 6.43. The Kier molecular flexibility index (Phi) is 2.96. The predicted molar refractivity (Wildman–Crippen MR) is 67.2 cm³/mol. The minimum atomic E-state index is -0.209. The highest BCUT2D eigenvalue weighted by Gasteiger charge is 2.53. The average Bonchev–Trinajstić information content (AvgIpc) is 2.69. The highest BCUT2D eigenvalue weighted by Crippen LogP contribution is 2.42. The van der Waals surface area contributed by atoms with Crippen LogP contribution in [-0.2, 0) is 9.31 Å². The first kappa shape index (κ1) is 12.2. The second-order valence-corrected chi connectivity index (χ2v) is 5.97. The van der Waals surface area contributed by atoms with E-state index in [1.54, 1.807) is 0 Å². The Labute approximate surface area is 99.5 Å². The lowest BCUT2D eigenvalue weighted by molar-refractivity contribution is 0.00578. The smallest absolute Gasteiger partial charge is 0.400 e. The van der Waals surface area contributed by atoms with Gasteiger partial charge in [0.15, 0.2) is 0 Å². The Hall–Kier alpha value is -0.275. The number of hydrogen-bond acceptors (Lipinski definition) is 2. The molecule has 90 valence electrons. The van der Waals surface area contributed by atoms with Crippen molar-refractivity contribution in [1.82, 2.24) is 0 Å². The zero-order valence-electron chi connectivity index (χ0n) is 11.2. The van der Waals surface area contributed by atoms with Gasteiger partial charge in [-0.1, -0.05) is 19.4 Å². The molecule has 1 unspecified atom stereocenters. The fourth-order valence-corrected chi connectivity index (χ4v) is 2.49. The van der Waals surface area contributed by atoms with Crippen molar-refractivity contribution in [3.63, 3.8) is 0 Å². The number of allylic oxidation sites excluding steroid dienone is 2. The average molecular weight is 222 g/mol. The number of hydrogen-bond donors (Lipinski definition) is 0. The molecular formula is C13H23BO2. The van der Waals surface area contributed by atoms with Crippen molar-refractivity contribution < 1.29 is 9.31 Å². The topological polar surface area (TPSA) is 18.5 Å². The Morgan fingerprint density at radius 3 is 2.31 bits per heavy atom. The van der Waals surface area contributed by atoms with Gasteiger partial charge in [0.2, 0.25) is 0 Å². The molecule has 3 heteroatoms. The van der Waals surface area contributed by atoms with E-state index in [4.69, 9.17) is 9.31 Å². The standard InChI is InChI=1S/C13H23BO2/c1-6-10-8-7-9-11(10)14-15-12(2,3)13(4,5)16-14/h9-10H,6-8H2,1-5H3. The van der Waals surface area contributed by atoms with E-state index in [9.17, 15) is 0 Å². The summed E-state index contributed by atoms with van der Waals surface area (Å²) in [5.74, 6) is 0.662. The first-order chi connectivity index (χ1) is 7.37. The molecule has 0 bridgehead atoms. The van der Waals surface area contributed by atoms with E-state index in [2.05, 4.69) is 40.7 Å². The Morgan fingerprint density at radius 2 is 1.81 bits per heavy atom. The molecule has 1 fully saturated rings. The molecular weight excluding hydrogens is 199 g/mol. The van der Waals surface area contributed by atoms with Crippen molar-refractivity contribution in [1.29, 1.82) is 0 Å². The molecule has 2 aliphatic rings. The molecule has 1 aliphatic heterocycles. The molecule has 16 heavy (non-hydrogen) atoms. The van der Waals surface area contributed by atoms with Gasteiger partial charge in [0.05, 0.1) is 11.2 Å². The summed E-state index contributed by atoms with van der Waals surface area (Å²) in [6.45, 7) is 10.7. The summed E-state index contributed by atoms with van der Waals surface area (Å²) in [7, 11) is -0.113. The van der Waals surface area contributed by atoms with E-state index in [1.165, 1.54) is 24.7 Å².